The Kier molecular flexibility index (Phi) is 7.30. The van der Waals surface area contributed by atoms with Crippen molar-refractivity contribution in [3.63, 3.8) is 0 Å². The van der Waals surface area contributed by atoms with Crippen LogP contribution in [0.4, 0.5) is 4.79 Å². The number of urea groups is 1. The number of nitrogens with zero attached hydrogens (tertiary/aromatic N) is 2. The molecule has 0 unspecified atom stereocenters. The Morgan fingerprint density at radius 1 is 1.43 bits per heavy atom. The molecule has 2 N–H and O–H groups in total. The molecule has 1 aromatic heterocycles. The average molecular weight is 339 g/mol. The fourth-order valence-electron chi connectivity index (χ4n) is 3.06. The molecule has 1 aliphatic rings. The van der Waals surface area contributed by atoms with Crippen molar-refractivity contribution in [2.24, 2.45) is 5.92 Å². The van der Waals surface area contributed by atoms with Crippen LogP contribution in [-0.4, -0.2) is 41.1 Å². The summed E-state index contributed by atoms with van der Waals surface area (Å²) in [5.74, 6) is 0.652. The number of aromatic nitrogens is 1. The minimum atomic E-state index is -0.0150. The molecule has 2 heterocycles. The van der Waals surface area contributed by atoms with E-state index in [1.165, 1.54) is 0 Å². The lowest BCUT2D eigenvalue weighted by molar-refractivity contribution is 0.184. The first-order valence-corrected chi connectivity index (χ1v) is 9.67. The molecular weight excluding hydrogens is 308 g/mol. The number of hydrogen-bond acceptors (Lipinski definition) is 4. The van der Waals surface area contributed by atoms with Gasteiger partial charge in [0, 0.05) is 37.1 Å². The highest BCUT2D eigenvalue weighted by atomic mass is 32.1. The van der Waals surface area contributed by atoms with Crippen molar-refractivity contribution in [1.29, 1.82) is 0 Å². The lowest BCUT2D eigenvalue weighted by Gasteiger charge is -2.32. The Morgan fingerprint density at radius 3 is 2.78 bits per heavy atom. The molecule has 2 amide bonds. The van der Waals surface area contributed by atoms with Crippen LogP contribution in [0.1, 0.15) is 52.1 Å². The van der Waals surface area contributed by atoms with Crippen LogP contribution in [0.15, 0.2) is 10.9 Å². The van der Waals surface area contributed by atoms with E-state index in [9.17, 15) is 4.79 Å². The van der Waals surface area contributed by atoms with Crippen LogP contribution in [0.3, 0.4) is 0 Å². The highest BCUT2D eigenvalue weighted by Gasteiger charge is 2.21. The van der Waals surface area contributed by atoms with Crippen molar-refractivity contribution >= 4 is 17.4 Å². The van der Waals surface area contributed by atoms with Gasteiger partial charge in [0.05, 0.1) is 11.2 Å². The molecule has 23 heavy (non-hydrogen) atoms. The summed E-state index contributed by atoms with van der Waals surface area (Å²) < 4.78 is 0. The van der Waals surface area contributed by atoms with Crippen molar-refractivity contribution in [2.45, 2.75) is 65.1 Å². The van der Waals surface area contributed by atoms with Crippen LogP contribution >= 0.6 is 11.3 Å². The minimum Gasteiger partial charge on any atom is -0.336 e. The molecular formula is C17H30N4OS. The fourth-order valence-corrected chi connectivity index (χ4v) is 3.61. The second kappa shape index (κ2) is 9.23. The summed E-state index contributed by atoms with van der Waals surface area (Å²) >= 11 is 1.65. The van der Waals surface area contributed by atoms with E-state index in [-0.39, 0.29) is 18.1 Å². The van der Waals surface area contributed by atoms with Gasteiger partial charge in [-0.15, -0.1) is 11.3 Å². The van der Waals surface area contributed by atoms with Crippen LogP contribution in [-0.2, 0) is 6.54 Å². The normalized spacial score (nSPS) is 19.3. The monoisotopic (exact) mass is 338 g/mol. The maximum Gasteiger partial charge on any atom is 0.315 e. The first-order valence-electron chi connectivity index (χ1n) is 8.73. The smallest absolute Gasteiger partial charge is 0.315 e. The number of amides is 2. The van der Waals surface area contributed by atoms with E-state index in [2.05, 4.69) is 46.7 Å². The molecule has 0 bridgehead atoms. The zero-order valence-electron chi connectivity index (χ0n) is 14.5. The van der Waals surface area contributed by atoms with E-state index in [0.717, 1.165) is 51.0 Å². The summed E-state index contributed by atoms with van der Waals surface area (Å²) in [6.07, 6.45) is 4.22. The van der Waals surface area contributed by atoms with Gasteiger partial charge in [0.15, 0.2) is 0 Å². The second-order valence-corrected chi connectivity index (χ2v) is 7.52. The van der Waals surface area contributed by atoms with Crippen molar-refractivity contribution in [2.75, 3.05) is 13.1 Å². The average Bonchev–Trinajstić information content (AvgIpc) is 3.01. The number of likely N-dealkylation sites (tertiary alicyclic amines) is 1. The van der Waals surface area contributed by atoms with Crippen molar-refractivity contribution < 1.29 is 4.79 Å². The van der Waals surface area contributed by atoms with Gasteiger partial charge in [-0.1, -0.05) is 20.3 Å². The number of thiazole rings is 1. The number of nitrogens with one attached hydrogen (secondary N) is 2. The van der Waals surface area contributed by atoms with E-state index < -0.39 is 0 Å². The van der Waals surface area contributed by atoms with Crippen LogP contribution in [0, 0.1) is 5.92 Å². The molecule has 5 nitrogen and oxygen atoms in total. The van der Waals surface area contributed by atoms with Crippen LogP contribution in [0.5, 0.6) is 0 Å². The summed E-state index contributed by atoms with van der Waals surface area (Å²) in [6, 6.07) is 0.506. The number of carbonyl (C=O) groups excluding carboxylic acids is 1. The summed E-state index contributed by atoms with van der Waals surface area (Å²) in [4.78, 5) is 18.8. The molecule has 2 atom stereocenters. The molecule has 0 aromatic carbocycles. The van der Waals surface area contributed by atoms with E-state index >= 15 is 0 Å². The topological polar surface area (TPSA) is 57.3 Å². The van der Waals surface area contributed by atoms with Crippen LogP contribution in [0.2, 0.25) is 0 Å². The molecule has 2 rings (SSSR count). The summed E-state index contributed by atoms with van der Waals surface area (Å²) in [6.45, 7) is 9.47. The number of hydrogen-bond donors (Lipinski definition) is 2. The summed E-state index contributed by atoms with van der Waals surface area (Å²) in [5.41, 5.74) is 3.03. The maximum absolute atomic E-state index is 12.1. The predicted octanol–water partition coefficient (Wildman–Crippen LogP) is 3.23. The Balaban J connectivity index is 1.64. The number of piperidine rings is 1. The highest BCUT2D eigenvalue weighted by molar-refractivity contribution is 7.07. The van der Waals surface area contributed by atoms with Gasteiger partial charge in [0.25, 0.3) is 0 Å². The van der Waals surface area contributed by atoms with Crippen molar-refractivity contribution in [3.05, 3.63) is 16.6 Å². The third-order valence-corrected chi connectivity index (χ3v) is 5.26. The zero-order chi connectivity index (χ0) is 16.7. The quantitative estimate of drug-likeness (QED) is 0.802. The lowest BCUT2D eigenvalue weighted by Crippen LogP contribution is -2.49. The third-order valence-electron chi connectivity index (χ3n) is 4.62. The Morgan fingerprint density at radius 2 is 2.17 bits per heavy atom. The van der Waals surface area contributed by atoms with Gasteiger partial charge >= 0.3 is 6.03 Å². The summed E-state index contributed by atoms with van der Waals surface area (Å²) in [5, 5.41) is 8.31. The van der Waals surface area contributed by atoms with E-state index in [0.29, 0.717) is 5.92 Å². The molecule has 130 valence electrons. The first kappa shape index (κ1) is 18.2. The van der Waals surface area contributed by atoms with Crippen LogP contribution in [0.25, 0.3) is 0 Å². The zero-order valence-corrected chi connectivity index (χ0v) is 15.4. The van der Waals surface area contributed by atoms with Gasteiger partial charge in [-0.2, -0.15) is 0 Å². The summed E-state index contributed by atoms with van der Waals surface area (Å²) in [7, 11) is 0. The SMILES string of the molecule is CC[C@H](C)C[C@@H](C)NC(=O)NC1CCN(Cc2cscn2)CC1. The van der Waals surface area contributed by atoms with Gasteiger partial charge in [-0.3, -0.25) is 4.90 Å². The molecule has 1 fully saturated rings. The number of carbonyl (C=O) groups is 1. The van der Waals surface area contributed by atoms with Gasteiger partial charge in [-0.25, -0.2) is 9.78 Å². The van der Waals surface area contributed by atoms with Gasteiger partial charge in [0.1, 0.15) is 0 Å². The fraction of sp³-hybridized carbons (Fsp3) is 0.765. The number of rotatable bonds is 7. The Bertz CT molecular complexity index is 457. The van der Waals surface area contributed by atoms with Gasteiger partial charge in [0.2, 0.25) is 0 Å². The second-order valence-electron chi connectivity index (χ2n) is 6.80. The molecule has 6 heteroatoms. The molecule has 0 spiro atoms. The van der Waals surface area contributed by atoms with Crippen molar-refractivity contribution in [1.82, 2.24) is 20.5 Å². The molecule has 1 aliphatic heterocycles. The van der Waals surface area contributed by atoms with Gasteiger partial charge in [-0.05, 0) is 32.1 Å². The standard InChI is InChI=1S/C17H30N4OS/c1-4-13(2)9-14(3)19-17(22)20-15-5-7-21(8-6-15)10-16-11-23-12-18-16/h11-15H,4-10H2,1-3H3,(H2,19,20,22)/t13-,14+/m0/s1. The third kappa shape index (κ3) is 6.47. The Labute approximate surface area is 143 Å². The van der Waals surface area contributed by atoms with E-state index in [1.54, 1.807) is 11.3 Å². The maximum atomic E-state index is 12.1. The van der Waals surface area contributed by atoms with Crippen LogP contribution < -0.4 is 10.6 Å². The van der Waals surface area contributed by atoms with E-state index in [1.807, 2.05) is 5.51 Å². The van der Waals surface area contributed by atoms with Crippen molar-refractivity contribution in [3.8, 4) is 0 Å². The largest absolute Gasteiger partial charge is 0.336 e. The highest BCUT2D eigenvalue weighted by Crippen LogP contribution is 2.14. The predicted molar refractivity (Wildman–Crippen MR) is 95.6 cm³/mol. The molecule has 0 saturated carbocycles. The molecule has 0 aliphatic carbocycles. The first-order chi connectivity index (χ1) is 11.1. The lowest BCUT2D eigenvalue weighted by atomic mass is 10.0. The van der Waals surface area contributed by atoms with E-state index in [4.69, 9.17) is 0 Å². The molecule has 1 saturated heterocycles. The Hall–Kier alpha value is -1.14. The van der Waals surface area contributed by atoms with Gasteiger partial charge < -0.3 is 10.6 Å². The molecule has 0 radical (unpaired) electrons. The molecule has 1 aromatic rings. The minimum absolute atomic E-state index is 0.0150.